The number of nitrogen functional groups attached to an aromatic ring is 1. The van der Waals surface area contributed by atoms with Crippen LogP contribution in [0.25, 0.3) is 0 Å². The first-order valence-electron chi connectivity index (χ1n) is 4.36. The molecule has 4 heteroatoms. The van der Waals surface area contributed by atoms with E-state index in [1.807, 2.05) is 6.92 Å². The van der Waals surface area contributed by atoms with Crippen LogP contribution in [0.2, 0.25) is 5.02 Å². The third-order valence-corrected chi connectivity index (χ3v) is 3.92. The molecule has 0 spiro atoms. The zero-order valence-electron chi connectivity index (χ0n) is 7.76. The van der Waals surface area contributed by atoms with Gasteiger partial charge in [0.15, 0.2) is 5.78 Å². The average molecular weight is 228 g/mol. The van der Waals surface area contributed by atoms with Gasteiger partial charge in [-0.25, -0.2) is 0 Å². The molecule has 2 nitrogen and oxygen atoms in total. The number of halogens is 1. The van der Waals surface area contributed by atoms with E-state index in [0.29, 0.717) is 17.1 Å². The molecule has 0 saturated carbocycles. The molecule has 1 aliphatic heterocycles. The lowest BCUT2D eigenvalue weighted by molar-refractivity contribution is 0.0984. The highest BCUT2D eigenvalue weighted by Crippen LogP contribution is 2.39. The molecular weight excluding hydrogens is 218 g/mol. The van der Waals surface area contributed by atoms with Crippen LogP contribution in [0.4, 0.5) is 5.69 Å². The van der Waals surface area contributed by atoms with Gasteiger partial charge < -0.3 is 5.73 Å². The summed E-state index contributed by atoms with van der Waals surface area (Å²) < 4.78 is 0. The molecule has 0 unspecified atom stereocenters. The first-order chi connectivity index (χ1) is 6.61. The summed E-state index contributed by atoms with van der Waals surface area (Å²) in [5.41, 5.74) is 7.95. The Kier molecular flexibility index (Phi) is 2.45. The van der Waals surface area contributed by atoms with Crippen LogP contribution in [0.1, 0.15) is 22.3 Å². The summed E-state index contributed by atoms with van der Waals surface area (Å²) in [5, 5.41) is 0.598. The Hall–Kier alpha value is -0.670. The van der Waals surface area contributed by atoms with Gasteiger partial charge in [0.1, 0.15) is 0 Å². The van der Waals surface area contributed by atoms with Gasteiger partial charge >= 0.3 is 0 Å². The molecule has 0 amide bonds. The zero-order valence-corrected chi connectivity index (χ0v) is 9.34. The molecule has 1 aromatic carbocycles. The SMILES string of the molecule is Cc1c(N)cc(Cl)c2c1C(=O)CCS2. The number of rotatable bonds is 0. The molecule has 0 fully saturated rings. The van der Waals surface area contributed by atoms with Crippen molar-refractivity contribution in [3.63, 3.8) is 0 Å². The number of hydrogen-bond donors (Lipinski definition) is 1. The number of fused-ring (bicyclic) bond motifs is 1. The molecule has 0 bridgehead atoms. The number of carbonyl (C=O) groups excluding carboxylic acids is 1. The van der Waals surface area contributed by atoms with E-state index in [1.54, 1.807) is 17.8 Å². The number of anilines is 1. The maximum absolute atomic E-state index is 11.7. The van der Waals surface area contributed by atoms with Crippen LogP contribution in [-0.4, -0.2) is 11.5 Å². The van der Waals surface area contributed by atoms with Crippen molar-refractivity contribution in [3.05, 3.63) is 22.2 Å². The molecule has 2 rings (SSSR count). The van der Waals surface area contributed by atoms with Crippen molar-refractivity contribution in [3.8, 4) is 0 Å². The molecular formula is C10H10ClNOS. The van der Waals surface area contributed by atoms with Gasteiger partial charge in [0.2, 0.25) is 0 Å². The summed E-state index contributed by atoms with van der Waals surface area (Å²) >= 11 is 7.67. The molecule has 14 heavy (non-hydrogen) atoms. The Bertz CT molecular complexity index is 417. The van der Waals surface area contributed by atoms with Crippen LogP contribution in [0.15, 0.2) is 11.0 Å². The third kappa shape index (κ3) is 1.41. The lowest BCUT2D eigenvalue weighted by Gasteiger charge is -2.18. The second-order valence-electron chi connectivity index (χ2n) is 3.30. The van der Waals surface area contributed by atoms with Crippen molar-refractivity contribution in [2.45, 2.75) is 18.2 Å². The second kappa shape index (κ2) is 3.48. The van der Waals surface area contributed by atoms with Crippen molar-refractivity contribution in [1.29, 1.82) is 0 Å². The minimum Gasteiger partial charge on any atom is -0.398 e. The summed E-state index contributed by atoms with van der Waals surface area (Å²) in [5.74, 6) is 0.972. The number of benzene rings is 1. The van der Waals surface area contributed by atoms with E-state index >= 15 is 0 Å². The topological polar surface area (TPSA) is 43.1 Å². The molecule has 1 aromatic rings. The molecule has 0 saturated heterocycles. The summed E-state index contributed by atoms with van der Waals surface area (Å²) in [6.07, 6.45) is 0.582. The van der Waals surface area contributed by atoms with Crippen molar-refractivity contribution in [1.82, 2.24) is 0 Å². The normalized spacial score (nSPS) is 15.4. The Morgan fingerprint density at radius 1 is 1.57 bits per heavy atom. The highest BCUT2D eigenvalue weighted by atomic mass is 35.5. The Morgan fingerprint density at radius 2 is 2.29 bits per heavy atom. The molecule has 74 valence electrons. The fraction of sp³-hybridized carbons (Fsp3) is 0.300. The molecule has 2 N–H and O–H groups in total. The number of thioether (sulfide) groups is 1. The zero-order chi connectivity index (χ0) is 10.3. The largest absolute Gasteiger partial charge is 0.398 e. The van der Waals surface area contributed by atoms with Crippen molar-refractivity contribution < 1.29 is 4.79 Å². The van der Waals surface area contributed by atoms with Gasteiger partial charge in [-0.1, -0.05) is 11.6 Å². The van der Waals surface area contributed by atoms with Gasteiger partial charge in [0.05, 0.1) is 5.02 Å². The fourth-order valence-corrected chi connectivity index (χ4v) is 3.07. The van der Waals surface area contributed by atoms with E-state index in [1.165, 1.54) is 0 Å². The minimum atomic E-state index is 0.158. The molecule has 0 atom stereocenters. The second-order valence-corrected chi connectivity index (χ2v) is 4.81. The van der Waals surface area contributed by atoms with Crippen molar-refractivity contribution in [2.75, 3.05) is 11.5 Å². The van der Waals surface area contributed by atoms with Crippen LogP contribution in [0.3, 0.4) is 0 Å². The number of Topliss-reactive ketones (excluding diaryl/α,β-unsaturated/α-hetero) is 1. The summed E-state index contributed by atoms with van der Waals surface area (Å²) in [6, 6.07) is 1.72. The monoisotopic (exact) mass is 227 g/mol. The highest BCUT2D eigenvalue weighted by Gasteiger charge is 2.23. The molecule has 0 radical (unpaired) electrons. The van der Waals surface area contributed by atoms with Crippen LogP contribution in [0.5, 0.6) is 0 Å². The number of hydrogen-bond acceptors (Lipinski definition) is 3. The predicted molar refractivity (Wildman–Crippen MR) is 60.3 cm³/mol. The van der Waals surface area contributed by atoms with Gasteiger partial charge in [0.25, 0.3) is 0 Å². The minimum absolute atomic E-state index is 0.158. The number of nitrogens with two attached hydrogens (primary N) is 1. The first kappa shape index (κ1) is 9.87. The van der Waals surface area contributed by atoms with E-state index in [0.717, 1.165) is 21.8 Å². The van der Waals surface area contributed by atoms with Crippen LogP contribution in [-0.2, 0) is 0 Å². The standard InChI is InChI=1S/C10H10ClNOS/c1-5-7(12)4-6(11)10-9(5)8(13)2-3-14-10/h4H,2-3,12H2,1H3. The highest BCUT2D eigenvalue weighted by molar-refractivity contribution is 7.99. The predicted octanol–water partition coefficient (Wildman–Crippen LogP) is 2.91. The number of carbonyl (C=O) groups is 1. The van der Waals surface area contributed by atoms with Gasteiger partial charge in [0, 0.05) is 28.3 Å². The molecule has 1 heterocycles. The van der Waals surface area contributed by atoms with Crippen molar-refractivity contribution in [2.24, 2.45) is 0 Å². The average Bonchev–Trinajstić information content (AvgIpc) is 2.14. The van der Waals surface area contributed by atoms with E-state index in [-0.39, 0.29) is 5.78 Å². The Morgan fingerprint density at radius 3 is 3.00 bits per heavy atom. The first-order valence-corrected chi connectivity index (χ1v) is 5.72. The fourth-order valence-electron chi connectivity index (χ4n) is 1.59. The lowest BCUT2D eigenvalue weighted by atomic mass is 10.0. The molecule has 0 aliphatic carbocycles. The van der Waals surface area contributed by atoms with Crippen molar-refractivity contribution >= 4 is 34.8 Å². The summed E-state index contributed by atoms with van der Waals surface area (Å²) in [6.45, 7) is 1.87. The summed E-state index contributed by atoms with van der Waals surface area (Å²) in [4.78, 5) is 12.6. The Labute approximate surface area is 91.8 Å². The van der Waals surface area contributed by atoms with Crippen LogP contribution >= 0.6 is 23.4 Å². The van der Waals surface area contributed by atoms with E-state index in [9.17, 15) is 4.79 Å². The third-order valence-electron chi connectivity index (χ3n) is 2.39. The van der Waals surface area contributed by atoms with Gasteiger partial charge in [-0.05, 0) is 18.6 Å². The quantitative estimate of drug-likeness (QED) is 0.693. The van der Waals surface area contributed by atoms with Gasteiger partial charge in [-0.3, -0.25) is 4.79 Å². The van der Waals surface area contributed by atoms with E-state index < -0.39 is 0 Å². The number of ketones is 1. The van der Waals surface area contributed by atoms with E-state index in [4.69, 9.17) is 17.3 Å². The Balaban J connectivity index is 2.73. The van der Waals surface area contributed by atoms with Gasteiger partial charge in [-0.2, -0.15) is 0 Å². The van der Waals surface area contributed by atoms with E-state index in [2.05, 4.69) is 0 Å². The smallest absolute Gasteiger partial charge is 0.165 e. The van der Waals surface area contributed by atoms with Crippen LogP contribution < -0.4 is 5.73 Å². The summed E-state index contributed by atoms with van der Waals surface area (Å²) in [7, 11) is 0. The molecule has 0 aromatic heterocycles. The van der Waals surface area contributed by atoms with Crippen LogP contribution in [0, 0.1) is 6.92 Å². The lowest BCUT2D eigenvalue weighted by Crippen LogP contribution is -2.12. The van der Waals surface area contributed by atoms with Gasteiger partial charge in [-0.15, -0.1) is 11.8 Å². The maximum Gasteiger partial charge on any atom is 0.165 e. The maximum atomic E-state index is 11.7. The molecule has 1 aliphatic rings.